The summed E-state index contributed by atoms with van der Waals surface area (Å²) in [4.78, 5) is 22.7. The number of carboxylic acids is 1. The number of ether oxygens (including phenoxy) is 1. The Morgan fingerprint density at radius 1 is 1.26 bits per heavy atom. The molecular formula is C15H18F3NO4. The topological polar surface area (TPSA) is 75.6 Å². The molecule has 0 fully saturated rings. The number of para-hydroxylation sites is 1. The molecule has 0 aliphatic carbocycles. The van der Waals surface area contributed by atoms with Crippen LogP contribution in [0.3, 0.4) is 0 Å². The molecule has 2 N–H and O–H groups in total. The van der Waals surface area contributed by atoms with E-state index in [1.807, 2.05) is 5.32 Å². The molecule has 1 atom stereocenters. The predicted octanol–water partition coefficient (Wildman–Crippen LogP) is 2.54. The minimum absolute atomic E-state index is 0.142. The monoisotopic (exact) mass is 333 g/mol. The summed E-state index contributed by atoms with van der Waals surface area (Å²) in [7, 11) is 0. The second-order valence-corrected chi connectivity index (χ2v) is 5.23. The summed E-state index contributed by atoms with van der Waals surface area (Å²) in [6.07, 6.45) is -6.73. The van der Waals surface area contributed by atoms with Crippen LogP contribution < -0.4 is 10.1 Å². The van der Waals surface area contributed by atoms with E-state index >= 15 is 0 Å². The van der Waals surface area contributed by atoms with Crippen LogP contribution in [0.15, 0.2) is 24.3 Å². The Kier molecular flexibility index (Phi) is 6.41. The van der Waals surface area contributed by atoms with Gasteiger partial charge in [0.25, 0.3) is 0 Å². The van der Waals surface area contributed by atoms with Gasteiger partial charge in [0.15, 0.2) is 0 Å². The molecule has 0 bridgehead atoms. The van der Waals surface area contributed by atoms with E-state index in [4.69, 9.17) is 9.84 Å². The van der Waals surface area contributed by atoms with E-state index in [1.165, 1.54) is 0 Å². The van der Waals surface area contributed by atoms with Crippen molar-refractivity contribution in [2.75, 3.05) is 0 Å². The number of benzene rings is 1. The zero-order valence-electron chi connectivity index (χ0n) is 12.7. The van der Waals surface area contributed by atoms with Crippen molar-refractivity contribution in [1.82, 2.24) is 5.32 Å². The van der Waals surface area contributed by atoms with Gasteiger partial charge in [0.2, 0.25) is 5.91 Å². The van der Waals surface area contributed by atoms with Crippen molar-refractivity contribution in [3.05, 3.63) is 29.8 Å². The van der Waals surface area contributed by atoms with Crippen molar-refractivity contribution >= 4 is 11.9 Å². The maximum absolute atomic E-state index is 12.3. The first-order valence-electron chi connectivity index (χ1n) is 6.92. The zero-order chi connectivity index (χ0) is 17.6. The lowest BCUT2D eigenvalue weighted by molar-refractivity contribution is -0.159. The largest absolute Gasteiger partial charge is 0.491 e. The van der Waals surface area contributed by atoms with E-state index in [2.05, 4.69) is 0 Å². The first-order valence-corrected chi connectivity index (χ1v) is 6.92. The van der Waals surface area contributed by atoms with Crippen LogP contribution in [0.2, 0.25) is 0 Å². The molecule has 0 aromatic heterocycles. The predicted molar refractivity (Wildman–Crippen MR) is 76.1 cm³/mol. The standard InChI is InChI=1S/C15H18F3NO4/c1-9(2)23-12-6-4-3-5-10(12)7-13(20)19-11(14(21)22)8-15(16,17)18/h3-6,9,11H,7-8H2,1-2H3,(H,19,20)(H,21,22). The van der Waals surface area contributed by atoms with E-state index in [9.17, 15) is 22.8 Å². The number of nitrogens with one attached hydrogen (secondary N) is 1. The van der Waals surface area contributed by atoms with Crippen LogP contribution in [0.1, 0.15) is 25.8 Å². The Morgan fingerprint density at radius 2 is 1.87 bits per heavy atom. The molecule has 0 aliphatic heterocycles. The highest BCUT2D eigenvalue weighted by Crippen LogP contribution is 2.22. The minimum Gasteiger partial charge on any atom is -0.491 e. The summed E-state index contributed by atoms with van der Waals surface area (Å²) in [5.41, 5.74) is 0.467. The van der Waals surface area contributed by atoms with Crippen LogP contribution in [0.4, 0.5) is 13.2 Å². The molecule has 23 heavy (non-hydrogen) atoms. The van der Waals surface area contributed by atoms with Crippen LogP contribution in [-0.2, 0) is 16.0 Å². The summed E-state index contributed by atoms with van der Waals surface area (Å²) in [6, 6.07) is 4.56. The number of carbonyl (C=O) groups is 2. The molecule has 0 saturated carbocycles. The first kappa shape index (κ1) is 18.8. The van der Waals surface area contributed by atoms with E-state index in [-0.39, 0.29) is 12.5 Å². The van der Waals surface area contributed by atoms with Crippen molar-refractivity contribution in [2.24, 2.45) is 0 Å². The van der Waals surface area contributed by atoms with E-state index in [1.54, 1.807) is 38.1 Å². The van der Waals surface area contributed by atoms with Gasteiger partial charge < -0.3 is 15.2 Å². The van der Waals surface area contributed by atoms with E-state index in [0.717, 1.165) is 0 Å². The summed E-state index contributed by atoms with van der Waals surface area (Å²) >= 11 is 0. The van der Waals surface area contributed by atoms with Gasteiger partial charge in [0.1, 0.15) is 11.8 Å². The SMILES string of the molecule is CC(C)Oc1ccccc1CC(=O)NC(CC(F)(F)F)C(=O)O. The molecule has 1 aromatic rings. The maximum atomic E-state index is 12.3. The Labute approximate surface area is 131 Å². The summed E-state index contributed by atoms with van der Waals surface area (Å²) in [5.74, 6) is -2.12. The van der Waals surface area contributed by atoms with Crippen LogP contribution in [-0.4, -0.2) is 35.3 Å². The highest BCUT2D eigenvalue weighted by molar-refractivity contribution is 5.85. The van der Waals surface area contributed by atoms with Gasteiger partial charge in [-0.3, -0.25) is 4.79 Å². The zero-order valence-corrected chi connectivity index (χ0v) is 12.7. The van der Waals surface area contributed by atoms with Gasteiger partial charge in [0.05, 0.1) is 18.9 Å². The first-order chi connectivity index (χ1) is 10.6. The molecule has 1 amide bonds. The van der Waals surface area contributed by atoms with Crippen LogP contribution in [0.5, 0.6) is 5.75 Å². The summed E-state index contributed by atoms with van der Waals surface area (Å²) in [6.45, 7) is 3.58. The third-order valence-corrected chi connectivity index (χ3v) is 2.76. The smallest absolute Gasteiger partial charge is 0.391 e. The quantitative estimate of drug-likeness (QED) is 0.804. The molecule has 1 unspecified atom stereocenters. The van der Waals surface area contributed by atoms with Crippen molar-refractivity contribution < 1.29 is 32.6 Å². The molecule has 128 valence electrons. The lowest BCUT2D eigenvalue weighted by Crippen LogP contribution is -2.44. The van der Waals surface area contributed by atoms with Crippen LogP contribution >= 0.6 is 0 Å². The number of aliphatic carboxylic acids is 1. The molecular weight excluding hydrogens is 315 g/mol. The summed E-state index contributed by atoms with van der Waals surface area (Å²) < 4.78 is 42.5. The van der Waals surface area contributed by atoms with Crippen molar-refractivity contribution in [1.29, 1.82) is 0 Å². The van der Waals surface area contributed by atoms with E-state index < -0.39 is 30.5 Å². The average Bonchev–Trinajstić information content (AvgIpc) is 2.38. The highest BCUT2D eigenvalue weighted by atomic mass is 19.4. The highest BCUT2D eigenvalue weighted by Gasteiger charge is 2.36. The van der Waals surface area contributed by atoms with Gasteiger partial charge in [-0.2, -0.15) is 13.2 Å². The maximum Gasteiger partial charge on any atom is 0.391 e. The summed E-state index contributed by atoms with van der Waals surface area (Å²) in [5, 5.41) is 10.7. The van der Waals surface area contributed by atoms with Gasteiger partial charge in [0, 0.05) is 5.56 Å². The Hall–Kier alpha value is -2.25. The second kappa shape index (κ2) is 7.85. The number of rotatable bonds is 7. The van der Waals surface area contributed by atoms with Crippen molar-refractivity contribution in [3.63, 3.8) is 0 Å². The van der Waals surface area contributed by atoms with Crippen molar-refractivity contribution in [3.8, 4) is 5.75 Å². The fraction of sp³-hybridized carbons (Fsp3) is 0.467. The molecule has 1 rings (SSSR count). The minimum atomic E-state index is -4.69. The number of carbonyl (C=O) groups excluding carboxylic acids is 1. The van der Waals surface area contributed by atoms with Gasteiger partial charge in [-0.05, 0) is 19.9 Å². The number of amides is 1. The van der Waals surface area contributed by atoms with Gasteiger partial charge in [-0.15, -0.1) is 0 Å². The molecule has 0 radical (unpaired) electrons. The molecule has 0 heterocycles. The number of hydrogen-bond acceptors (Lipinski definition) is 3. The number of hydrogen-bond donors (Lipinski definition) is 2. The third-order valence-electron chi connectivity index (χ3n) is 2.76. The Morgan fingerprint density at radius 3 is 2.39 bits per heavy atom. The molecule has 0 spiro atoms. The van der Waals surface area contributed by atoms with Gasteiger partial charge in [-0.1, -0.05) is 18.2 Å². The average molecular weight is 333 g/mol. The number of alkyl halides is 3. The third kappa shape index (κ3) is 7.03. The number of halogens is 3. The second-order valence-electron chi connectivity index (χ2n) is 5.23. The molecule has 1 aromatic carbocycles. The van der Waals surface area contributed by atoms with Crippen LogP contribution in [0, 0.1) is 0 Å². The normalized spacial score (nSPS) is 12.8. The molecule has 8 heteroatoms. The molecule has 0 aliphatic rings. The Balaban J connectivity index is 2.77. The Bertz CT molecular complexity index is 558. The van der Waals surface area contributed by atoms with E-state index in [0.29, 0.717) is 11.3 Å². The fourth-order valence-corrected chi connectivity index (χ4v) is 1.87. The van der Waals surface area contributed by atoms with Gasteiger partial charge in [-0.25, -0.2) is 4.79 Å². The lowest BCUT2D eigenvalue weighted by Gasteiger charge is -2.17. The molecule has 5 nitrogen and oxygen atoms in total. The van der Waals surface area contributed by atoms with Gasteiger partial charge >= 0.3 is 12.1 Å². The number of carboxylic acid groups (broad SMARTS) is 1. The lowest BCUT2D eigenvalue weighted by atomic mass is 10.1. The van der Waals surface area contributed by atoms with Crippen LogP contribution in [0.25, 0.3) is 0 Å². The fourth-order valence-electron chi connectivity index (χ4n) is 1.87. The molecule has 0 saturated heterocycles. The van der Waals surface area contributed by atoms with Crippen molar-refractivity contribution in [2.45, 2.75) is 45.0 Å².